The van der Waals surface area contributed by atoms with Gasteiger partial charge in [-0.05, 0) is 13.0 Å². The molecule has 54 valence electrons. The van der Waals surface area contributed by atoms with E-state index in [4.69, 9.17) is 0 Å². The number of nitrogens with zero attached hydrogens (tertiary/aromatic N) is 3. The summed E-state index contributed by atoms with van der Waals surface area (Å²) < 4.78 is 0. The van der Waals surface area contributed by atoms with Crippen LogP contribution in [0, 0.1) is 0 Å². The van der Waals surface area contributed by atoms with Crippen molar-refractivity contribution in [2.45, 2.75) is 6.92 Å². The van der Waals surface area contributed by atoms with E-state index in [1.54, 1.807) is 6.08 Å². The third-order valence-electron chi connectivity index (χ3n) is 1.46. The Labute approximate surface area is 63.1 Å². The van der Waals surface area contributed by atoms with Gasteiger partial charge in [0.25, 0.3) is 5.91 Å². The van der Waals surface area contributed by atoms with Crippen LogP contribution in [0.4, 0.5) is 0 Å². The monoisotopic (exact) mass is 147 g/mol. The molecule has 2 aliphatic heterocycles. The zero-order valence-electron chi connectivity index (χ0n) is 5.90. The highest BCUT2D eigenvalue weighted by molar-refractivity contribution is 6.33. The van der Waals surface area contributed by atoms with Crippen molar-refractivity contribution < 1.29 is 4.79 Å². The van der Waals surface area contributed by atoms with Crippen molar-refractivity contribution >= 4 is 23.8 Å². The fraction of sp³-hybridized carbons (Fsp3) is 0.143. The highest BCUT2D eigenvalue weighted by Gasteiger charge is 2.21. The molecule has 0 aliphatic carbocycles. The zero-order chi connectivity index (χ0) is 7.84. The smallest absolute Gasteiger partial charge is 0.267 e. The van der Waals surface area contributed by atoms with E-state index in [2.05, 4.69) is 15.0 Å². The lowest BCUT2D eigenvalue weighted by Gasteiger charge is -1.98. The third kappa shape index (κ3) is 0.832. The molecule has 4 nitrogen and oxygen atoms in total. The highest BCUT2D eigenvalue weighted by Crippen LogP contribution is 2.13. The molecule has 0 radical (unpaired) electrons. The Morgan fingerprint density at radius 1 is 1.45 bits per heavy atom. The normalized spacial score (nSPS) is 20.8. The van der Waals surface area contributed by atoms with Gasteiger partial charge in [0, 0.05) is 5.71 Å². The first-order valence-corrected chi connectivity index (χ1v) is 3.19. The number of amidine groups is 1. The molecule has 4 heteroatoms. The summed E-state index contributed by atoms with van der Waals surface area (Å²) in [6.07, 6.45) is 2.93. The van der Waals surface area contributed by atoms with Crippen LogP contribution in [0.2, 0.25) is 0 Å². The number of carbonyl (C=O) groups excluding carboxylic acids is 1. The number of amides is 1. The average molecular weight is 147 g/mol. The van der Waals surface area contributed by atoms with E-state index >= 15 is 0 Å². The molecule has 0 saturated heterocycles. The van der Waals surface area contributed by atoms with Crippen LogP contribution in [0.5, 0.6) is 0 Å². The molecular weight excluding hydrogens is 142 g/mol. The Bertz CT molecular complexity index is 347. The summed E-state index contributed by atoms with van der Waals surface area (Å²) in [5.41, 5.74) is 1.31. The van der Waals surface area contributed by atoms with E-state index in [9.17, 15) is 4.79 Å². The fourth-order valence-electron chi connectivity index (χ4n) is 0.994. The minimum atomic E-state index is -0.254. The van der Waals surface area contributed by atoms with Crippen LogP contribution < -0.4 is 0 Å². The van der Waals surface area contributed by atoms with Gasteiger partial charge < -0.3 is 0 Å². The van der Waals surface area contributed by atoms with Gasteiger partial charge in [0.1, 0.15) is 6.34 Å². The van der Waals surface area contributed by atoms with E-state index in [0.29, 0.717) is 11.4 Å². The lowest BCUT2D eigenvalue weighted by Crippen LogP contribution is -2.10. The van der Waals surface area contributed by atoms with Crippen LogP contribution >= 0.6 is 0 Å². The summed E-state index contributed by atoms with van der Waals surface area (Å²) in [6.45, 7) is 1.82. The Balaban J connectivity index is 2.53. The molecule has 1 amide bonds. The Morgan fingerprint density at radius 3 is 3.00 bits per heavy atom. The van der Waals surface area contributed by atoms with E-state index in [-0.39, 0.29) is 5.91 Å². The highest BCUT2D eigenvalue weighted by atomic mass is 16.1. The number of hydrogen-bond acceptors (Lipinski definition) is 3. The minimum absolute atomic E-state index is 0.254. The number of rotatable bonds is 0. The average Bonchev–Trinajstić information content (AvgIpc) is 2.31. The fourth-order valence-corrected chi connectivity index (χ4v) is 0.994. The quantitative estimate of drug-likeness (QED) is 0.487. The van der Waals surface area contributed by atoms with Gasteiger partial charge in [-0.15, -0.1) is 0 Å². The van der Waals surface area contributed by atoms with Gasteiger partial charge in [0.05, 0.1) is 5.57 Å². The predicted molar refractivity (Wildman–Crippen MR) is 42.1 cm³/mol. The number of allylic oxidation sites excluding steroid dienone is 1. The summed E-state index contributed by atoms with van der Waals surface area (Å²) in [6, 6.07) is 0. The molecule has 0 fully saturated rings. The van der Waals surface area contributed by atoms with Gasteiger partial charge in [-0.2, -0.15) is 4.99 Å². The maximum Gasteiger partial charge on any atom is 0.282 e. The van der Waals surface area contributed by atoms with Crippen molar-refractivity contribution in [1.82, 2.24) is 0 Å². The van der Waals surface area contributed by atoms with E-state index in [1.807, 2.05) is 6.92 Å². The molecule has 2 rings (SSSR count). The van der Waals surface area contributed by atoms with Gasteiger partial charge in [0.2, 0.25) is 0 Å². The van der Waals surface area contributed by atoms with Crippen LogP contribution in [0.15, 0.2) is 26.6 Å². The second-order valence-electron chi connectivity index (χ2n) is 2.31. The number of carbonyl (C=O) groups is 1. The minimum Gasteiger partial charge on any atom is -0.267 e. The van der Waals surface area contributed by atoms with Crippen molar-refractivity contribution in [2.24, 2.45) is 15.0 Å². The standard InChI is InChI=1S/C7H5N3O/c1-4-2-5-6(10-4)8-3-9-7(5)11/h2-3H,1H3. The molecule has 0 unspecified atom stereocenters. The van der Waals surface area contributed by atoms with Crippen molar-refractivity contribution in [3.8, 4) is 0 Å². The van der Waals surface area contributed by atoms with Crippen LogP contribution in [-0.2, 0) is 4.79 Å². The van der Waals surface area contributed by atoms with Crippen LogP contribution in [-0.4, -0.2) is 23.8 Å². The Kier molecular flexibility index (Phi) is 1.09. The van der Waals surface area contributed by atoms with E-state index in [0.717, 1.165) is 5.71 Å². The Hall–Kier alpha value is -1.58. The molecule has 2 aliphatic rings. The summed E-state index contributed by atoms with van der Waals surface area (Å²) in [5.74, 6) is 0.234. The SMILES string of the molecule is CC1=NC2=NC=NC(=O)C2=C1. The molecular formula is C7H5N3O. The van der Waals surface area contributed by atoms with Crippen molar-refractivity contribution in [2.75, 3.05) is 0 Å². The maximum atomic E-state index is 11.0. The summed E-state index contributed by atoms with van der Waals surface area (Å²) in [7, 11) is 0. The first-order chi connectivity index (χ1) is 5.27. The molecule has 11 heavy (non-hydrogen) atoms. The molecule has 0 aromatic heterocycles. The number of hydrogen-bond donors (Lipinski definition) is 0. The van der Waals surface area contributed by atoms with E-state index < -0.39 is 0 Å². The lowest BCUT2D eigenvalue weighted by atomic mass is 10.2. The zero-order valence-corrected chi connectivity index (χ0v) is 5.90. The molecule has 0 bridgehead atoms. The molecule has 0 spiro atoms. The van der Waals surface area contributed by atoms with Crippen molar-refractivity contribution in [3.63, 3.8) is 0 Å². The van der Waals surface area contributed by atoms with Gasteiger partial charge in [-0.3, -0.25) is 4.79 Å². The molecule has 0 saturated carbocycles. The van der Waals surface area contributed by atoms with Gasteiger partial charge in [-0.25, -0.2) is 9.98 Å². The molecule has 0 N–H and O–H groups in total. The first-order valence-electron chi connectivity index (χ1n) is 3.19. The molecule has 0 aromatic carbocycles. The van der Waals surface area contributed by atoms with E-state index in [1.165, 1.54) is 6.34 Å². The second-order valence-corrected chi connectivity index (χ2v) is 2.31. The van der Waals surface area contributed by atoms with Crippen LogP contribution in [0.25, 0.3) is 0 Å². The number of fused-ring (bicyclic) bond motifs is 1. The maximum absolute atomic E-state index is 11.0. The van der Waals surface area contributed by atoms with Crippen molar-refractivity contribution in [3.05, 3.63) is 11.6 Å². The summed E-state index contributed by atoms with van der Waals surface area (Å²) in [4.78, 5) is 22.4. The second kappa shape index (κ2) is 1.95. The lowest BCUT2D eigenvalue weighted by molar-refractivity contribution is -0.113. The topological polar surface area (TPSA) is 54.1 Å². The largest absolute Gasteiger partial charge is 0.282 e. The summed E-state index contributed by atoms with van der Waals surface area (Å²) in [5, 5.41) is 0. The van der Waals surface area contributed by atoms with Crippen LogP contribution in [0.1, 0.15) is 6.92 Å². The molecule has 0 aromatic rings. The molecule has 2 heterocycles. The predicted octanol–water partition coefficient (Wildman–Crippen LogP) is 0.354. The first kappa shape index (κ1) is 6.15. The molecule has 0 atom stereocenters. The van der Waals surface area contributed by atoms with Gasteiger partial charge in [0.15, 0.2) is 5.84 Å². The van der Waals surface area contributed by atoms with Crippen molar-refractivity contribution in [1.29, 1.82) is 0 Å². The number of aliphatic imine (C=N–C) groups is 3. The van der Waals surface area contributed by atoms with Crippen LogP contribution in [0.3, 0.4) is 0 Å². The summed E-state index contributed by atoms with van der Waals surface area (Å²) >= 11 is 0. The van der Waals surface area contributed by atoms with Gasteiger partial charge in [-0.1, -0.05) is 0 Å². The third-order valence-corrected chi connectivity index (χ3v) is 1.46. The van der Waals surface area contributed by atoms with Gasteiger partial charge >= 0.3 is 0 Å². The Morgan fingerprint density at radius 2 is 2.27 bits per heavy atom.